The van der Waals surface area contributed by atoms with Gasteiger partial charge in [-0.3, -0.25) is 14.4 Å². The molecular formula is C24H27Cl2N3O5S. The quantitative estimate of drug-likeness (QED) is 0.461. The molecule has 1 atom stereocenters. The van der Waals surface area contributed by atoms with E-state index in [1.165, 1.54) is 23.1 Å². The molecule has 0 bridgehead atoms. The topological polar surface area (TPSA) is 104 Å². The predicted octanol–water partition coefficient (Wildman–Crippen LogP) is 3.86. The zero-order valence-corrected chi connectivity index (χ0v) is 21.8. The van der Waals surface area contributed by atoms with Gasteiger partial charge < -0.3 is 10.2 Å². The van der Waals surface area contributed by atoms with Crippen LogP contribution in [0.15, 0.2) is 47.4 Å². The van der Waals surface area contributed by atoms with Gasteiger partial charge in [-0.25, -0.2) is 12.7 Å². The first-order valence-electron chi connectivity index (χ1n) is 11.3. The molecular weight excluding hydrogens is 513 g/mol. The summed E-state index contributed by atoms with van der Waals surface area (Å²) in [5, 5.41) is 3.45. The maximum absolute atomic E-state index is 13.5. The Balaban J connectivity index is 1.91. The van der Waals surface area contributed by atoms with Crippen molar-refractivity contribution in [3.63, 3.8) is 0 Å². The number of fused-ring (bicyclic) bond motifs is 1. The number of sulfonamides is 1. The molecule has 11 heteroatoms. The zero-order chi connectivity index (χ0) is 25.8. The van der Waals surface area contributed by atoms with Crippen molar-refractivity contribution in [1.82, 2.24) is 14.5 Å². The van der Waals surface area contributed by atoms with Gasteiger partial charge in [-0.05, 0) is 42.7 Å². The summed E-state index contributed by atoms with van der Waals surface area (Å²) < 4.78 is 26.5. The number of hydrogen-bond acceptors (Lipinski definition) is 5. The number of benzene rings is 2. The van der Waals surface area contributed by atoms with Gasteiger partial charge in [0.1, 0.15) is 17.5 Å². The Morgan fingerprint density at radius 1 is 1.09 bits per heavy atom. The third kappa shape index (κ3) is 5.79. The third-order valence-corrected chi connectivity index (χ3v) is 8.27. The molecule has 2 aromatic rings. The van der Waals surface area contributed by atoms with Crippen molar-refractivity contribution < 1.29 is 22.8 Å². The molecule has 0 saturated carbocycles. The third-order valence-electron chi connectivity index (χ3n) is 5.74. The monoisotopic (exact) mass is 539 g/mol. The van der Waals surface area contributed by atoms with Crippen LogP contribution < -0.4 is 5.32 Å². The maximum Gasteiger partial charge on any atom is 0.269 e. The maximum atomic E-state index is 13.5. The summed E-state index contributed by atoms with van der Waals surface area (Å²) in [6.45, 7) is 3.46. The van der Waals surface area contributed by atoms with Crippen molar-refractivity contribution >= 4 is 50.9 Å². The number of carbonyl (C=O) groups excluding carboxylic acids is 3. The molecule has 1 aliphatic rings. The Morgan fingerprint density at radius 2 is 1.80 bits per heavy atom. The van der Waals surface area contributed by atoms with Gasteiger partial charge in [0.25, 0.3) is 15.9 Å². The number of halogens is 2. The highest BCUT2D eigenvalue weighted by Gasteiger charge is 2.43. The molecule has 35 heavy (non-hydrogen) atoms. The van der Waals surface area contributed by atoms with Crippen LogP contribution in [0.5, 0.6) is 0 Å². The summed E-state index contributed by atoms with van der Waals surface area (Å²) in [6.07, 6.45) is 1.95. The average molecular weight is 540 g/mol. The molecule has 0 fully saturated rings. The Hall–Kier alpha value is -2.62. The van der Waals surface area contributed by atoms with E-state index in [1.54, 1.807) is 31.2 Å². The Kier molecular flexibility index (Phi) is 8.79. The molecule has 3 amide bonds. The molecule has 0 radical (unpaired) electrons. The van der Waals surface area contributed by atoms with E-state index in [9.17, 15) is 22.8 Å². The fourth-order valence-corrected chi connectivity index (χ4v) is 5.70. The normalized spacial score (nSPS) is 15.0. The summed E-state index contributed by atoms with van der Waals surface area (Å²) in [5.74, 6) is -1.81. The molecule has 1 aliphatic heterocycles. The second-order valence-corrected chi connectivity index (χ2v) is 10.8. The lowest BCUT2D eigenvalue weighted by atomic mass is 10.1. The number of carbonyl (C=O) groups is 3. The van der Waals surface area contributed by atoms with Gasteiger partial charge in [0.15, 0.2) is 0 Å². The molecule has 1 N–H and O–H groups in total. The lowest BCUT2D eigenvalue weighted by Crippen LogP contribution is -2.52. The lowest BCUT2D eigenvalue weighted by Gasteiger charge is -2.31. The highest BCUT2D eigenvalue weighted by Crippen LogP contribution is 2.30. The van der Waals surface area contributed by atoms with E-state index in [0.29, 0.717) is 21.4 Å². The summed E-state index contributed by atoms with van der Waals surface area (Å²) in [5.41, 5.74) is 0.618. The number of rotatable bonds is 10. The van der Waals surface area contributed by atoms with Crippen LogP contribution in [0.25, 0.3) is 0 Å². The highest BCUT2D eigenvalue weighted by atomic mass is 35.5. The molecule has 8 nitrogen and oxygen atoms in total. The second kappa shape index (κ2) is 11.4. The summed E-state index contributed by atoms with van der Waals surface area (Å²) >= 11 is 12.1. The van der Waals surface area contributed by atoms with Crippen LogP contribution in [-0.4, -0.2) is 54.5 Å². The van der Waals surface area contributed by atoms with Gasteiger partial charge in [0.2, 0.25) is 11.8 Å². The fraction of sp³-hybridized carbons (Fsp3) is 0.375. The molecule has 0 unspecified atom stereocenters. The van der Waals surface area contributed by atoms with E-state index in [1.807, 2.05) is 6.92 Å². The minimum atomic E-state index is -4.18. The number of unbranched alkanes of at least 4 members (excludes halogenated alkanes) is 1. The van der Waals surface area contributed by atoms with Crippen molar-refractivity contribution in [3.05, 3.63) is 63.6 Å². The Bertz CT molecular complexity index is 1240. The van der Waals surface area contributed by atoms with E-state index >= 15 is 0 Å². The Labute approximate surface area is 215 Å². The first-order valence-corrected chi connectivity index (χ1v) is 13.5. The number of hydrogen-bond donors (Lipinski definition) is 1. The highest BCUT2D eigenvalue weighted by molar-refractivity contribution is 7.90. The van der Waals surface area contributed by atoms with Crippen LogP contribution in [-0.2, 0) is 26.2 Å². The van der Waals surface area contributed by atoms with Gasteiger partial charge in [-0.15, -0.1) is 0 Å². The summed E-state index contributed by atoms with van der Waals surface area (Å²) in [7, 11) is -4.18. The van der Waals surface area contributed by atoms with Crippen LogP contribution in [0, 0.1) is 0 Å². The molecule has 0 spiro atoms. The molecule has 0 aromatic heterocycles. The molecule has 0 saturated heterocycles. The number of nitrogens with zero attached hydrogens (tertiary/aromatic N) is 2. The largest absolute Gasteiger partial charge is 0.354 e. The van der Waals surface area contributed by atoms with Gasteiger partial charge >= 0.3 is 0 Å². The fourth-order valence-electron chi connectivity index (χ4n) is 3.86. The van der Waals surface area contributed by atoms with Crippen LogP contribution in [0.4, 0.5) is 0 Å². The molecule has 0 aliphatic carbocycles. The Morgan fingerprint density at radius 3 is 2.43 bits per heavy atom. The minimum Gasteiger partial charge on any atom is -0.354 e. The van der Waals surface area contributed by atoms with Crippen LogP contribution >= 0.6 is 23.2 Å². The minimum absolute atomic E-state index is 0.0145. The second-order valence-electron chi connectivity index (χ2n) is 8.15. The summed E-state index contributed by atoms with van der Waals surface area (Å²) in [6, 6.07) is 9.76. The van der Waals surface area contributed by atoms with Gasteiger partial charge in [-0.2, -0.15) is 0 Å². The van der Waals surface area contributed by atoms with E-state index in [0.717, 1.165) is 12.8 Å². The van der Waals surface area contributed by atoms with Crippen LogP contribution in [0.3, 0.4) is 0 Å². The van der Waals surface area contributed by atoms with E-state index in [-0.39, 0.29) is 34.4 Å². The van der Waals surface area contributed by atoms with Crippen molar-refractivity contribution in [1.29, 1.82) is 0 Å². The number of amides is 3. The average Bonchev–Trinajstić information content (AvgIpc) is 3.02. The van der Waals surface area contributed by atoms with Crippen molar-refractivity contribution in [2.45, 2.75) is 50.6 Å². The molecule has 2 aromatic carbocycles. The van der Waals surface area contributed by atoms with Crippen molar-refractivity contribution in [2.24, 2.45) is 0 Å². The predicted molar refractivity (Wildman–Crippen MR) is 134 cm³/mol. The first-order chi connectivity index (χ1) is 16.6. The van der Waals surface area contributed by atoms with E-state index in [2.05, 4.69) is 5.32 Å². The molecule has 188 valence electrons. The standard InChI is InChI=1S/C24H27Cl2N3O5S/c1-3-5-12-27-23(31)20(4-2)28(14-16-10-11-18(25)19(26)13-16)22(30)15-29-24(32)17-8-6-7-9-21(17)35(29,33)34/h6-11,13,20H,3-5,12,14-15H2,1-2H3,(H,27,31)/t20-/m1/s1. The molecule has 1 heterocycles. The SMILES string of the molecule is CCCCNC(=O)[C@@H](CC)N(Cc1ccc(Cl)c(Cl)c1)C(=O)CN1C(=O)c2ccccc2S1(=O)=O. The van der Waals surface area contributed by atoms with Crippen molar-refractivity contribution in [3.8, 4) is 0 Å². The van der Waals surface area contributed by atoms with Gasteiger partial charge in [0.05, 0.1) is 15.6 Å². The summed E-state index contributed by atoms with van der Waals surface area (Å²) in [4.78, 5) is 40.4. The van der Waals surface area contributed by atoms with Crippen LogP contribution in [0.1, 0.15) is 49.0 Å². The lowest BCUT2D eigenvalue weighted by molar-refractivity contribution is -0.141. The smallest absolute Gasteiger partial charge is 0.269 e. The van der Waals surface area contributed by atoms with E-state index < -0.39 is 34.4 Å². The number of nitrogens with one attached hydrogen (secondary N) is 1. The zero-order valence-electron chi connectivity index (χ0n) is 19.5. The van der Waals surface area contributed by atoms with Gasteiger partial charge in [0, 0.05) is 13.1 Å². The van der Waals surface area contributed by atoms with Crippen LogP contribution in [0.2, 0.25) is 10.0 Å². The van der Waals surface area contributed by atoms with E-state index in [4.69, 9.17) is 23.2 Å². The van der Waals surface area contributed by atoms with Gasteiger partial charge in [-0.1, -0.05) is 61.7 Å². The van der Waals surface area contributed by atoms with Crippen molar-refractivity contribution in [2.75, 3.05) is 13.1 Å². The first kappa shape index (κ1) is 27.0. The molecule has 3 rings (SSSR count).